The molecule has 0 spiro atoms. The maximum absolute atomic E-state index is 11.7. The number of hydrogen-bond acceptors (Lipinski definition) is 3. The molecule has 2 aliphatic rings. The Balaban J connectivity index is 1.77. The van der Waals surface area contributed by atoms with Gasteiger partial charge in [-0.3, -0.25) is 4.79 Å². The summed E-state index contributed by atoms with van der Waals surface area (Å²) in [7, 11) is 0. The zero-order valence-corrected chi connectivity index (χ0v) is 9.50. The van der Waals surface area contributed by atoms with E-state index in [4.69, 9.17) is 4.74 Å². The Morgan fingerprint density at radius 3 is 2.80 bits per heavy atom. The maximum Gasteiger partial charge on any atom is 0.323 e. The summed E-state index contributed by atoms with van der Waals surface area (Å²) in [5.41, 5.74) is 0. The van der Waals surface area contributed by atoms with Crippen LogP contribution in [0.2, 0.25) is 0 Å². The zero-order chi connectivity index (χ0) is 10.7. The molecule has 0 bridgehead atoms. The number of ether oxygens (including phenoxy) is 1. The summed E-state index contributed by atoms with van der Waals surface area (Å²) in [6.07, 6.45) is 6.83. The maximum atomic E-state index is 11.7. The Morgan fingerprint density at radius 2 is 2.13 bits per heavy atom. The van der Waals surface area contributed by atoms with Crippen LogP contribution in [0.3, 0.4) is 0 Å². The van der Waals surface area contributed by atoms with Crippen molar-refractivity contribution in [1.29, 1.82) is 0 Å². The molecule has 3 unspecified atom stereocenters. The lowest BCUT2D eigenvalue weighted by atomic mass is 9.89. The predicted octanol–water partition coefficient (Wildman–Crippen LogP) is 1.86. The van der Waals surface area contributed by atoms with Crippen LogP contribution in [-0.4, -0.2) is 24.7 Å². The van der Waals surface area contributed by atoms with Crippen LogP contribution in [0.15, 0.2) is 0 Å². The third-order valence-corrected chi connectivity index (χ3v) is 3.52. The Morgan fingerprint density at radius 1 is 1.27 bits per heavy atom. The van der Waals surface area contributed by atoms with E-state index < -0.39 is 0 Å². The van der Waals surface area contributed by atoms with E-state index in [0.29, 0.717) is 5.92 Å². The highest BCUT2D eigenvalue weighted by molar-refractivity contribution is 5.76. The molecule has 1 saturated heterocycles. The lowest BCUT2D eigenvalue weighted by Gasteiger charge is -2.27. The minimum absolute atomic E-state index is 0.0217. The molecule has 86 valence electrons. The van der Waals surface area contributed by atoms with Gasteiger partial charge in [0.1, 0.15) is 12.1 Å². The lowest BCUT2D eigenvalue weighted by molar-refractivity contribution is -0.153. The van der Waals surface area contributed by atoms with Crippen molar-refractivity contribution in [2.24, 2.45) is 5.92 Å². The van der Waals surface area contributed by atoms with Crippen molar-refractivity contribution in [3.8, 4) is 0 Å². The van der Waals surface area contributed by atoms with Gasteiger partial charge in [-0.15, -0.1) is 0 Å². The molecule has 1 saturated carbocycles. The summed E-state index contributed by atoms with van der Waals surface area (Å²) in [6, 6.07) is -0.0257. The van der Waals surface area contributed by atoms with Gasteiger partial charge in [0.05, 0.1) is 0 Å². The van der Waals surface area contributed by atoms with E-state index in [1.54, 1.807) is 0 Å². The molecule has 0 radical (unpaired) electrons. The molecule has 15 heavy (non-hydrogen) atoms. The Labute approximate surface area is 91.6 Å². The van der Waals surface area contributed by atoms with Crippen LogP contribution in [-0.2, 0) is 9.53 Å². The first-order valence-corrected chi connectivity index (χ1v) is 6.19. The van der Waals surface area contributed by atoms with Gasteiger partial charge in [0, 0.05) is 0 Å². The quantitative estimate of drug-likeness (QED) is 0.708. The van der Waals surface area contributed by atoms with Crippen LogP contribution in [0.25, 0.3) is 0 Å². The van der Waals surface area contributed by atoms with Gasteiger partial charge in [-0.1, -0.05) is 13.3 Å². The summed E-state index contributed by atoms with van der Waals surface area (Å²) in [5.74, 6) is 0.694. The van der Waals surface area contributed by atoms with Crippen molar-refractivity contribution in [2.75, 3.05) is 6.54 Å². The standard InChI is InChI=1S/C12H21NO2/c1-9-4-2-5-10(8-9)15-12(14)11-6-3-7-13-11/h9-11,13H,2-8H2,1H3. The van der Waals surface area contributed by atoms with Crippen molar-refractivity contribution >= 4 is 5.97 Å². The SMILES string of the molecule is CC1CCCC(OC(=O)C2CCCN2)C1. The van der Waals surface area contributed by atoms with Gasteiger partial charge in [0.25, 0.3) is 0 Å². The average Bonchev–Trinajstić information content (AvgIpc) is 2.70. The Kier molecular flexibility index (Phi) is 3.62. The van der Waals surface area contributed by atoms with E-state index in [1.807, 2.05) is 0 Å². The fraction of sp³-hybridized carbons (Fsp3) is 0.917. The van der Waals surface area contributed by atoms with Crippen LogP contribution >= 0.6 is 0 Å². The third kappa shape index (κ3) is 2.94. The fourth-order valence-electron chi connectivity index (χ4n) is 2.62. The second-order valence-electron chi connectivity index (χ2n) is 4.98. The number of rotatable bonds is 2. The third-order valence-electron chi connectivity index (χ3n) is 3.52. The van der Waals surface area contributed by atoms with E-state index in [2.05, 4.69) is 12.2 Å². The molecule has 3 atom stereocenters. The van der Waals surface area contributed by atoms with Gasteiger partial charge in [0.2, 0.25) is 0 Å². The minimum Gasteiger partial charge on any atom is -0.461 e. The van der Waals surface area contributed by atoms with E-state index in [1.165, 1.54) is 12.8 Å². The first-order valence-electron chi connectivity index (χ1n) is 6.19. The van der Waals surface area contributed by atoms with Gasteiger partial charge in [-0.25, -0.2) is 0 Å². The number of carbonyl (C=O) groups excluding carboxylic acids is 1. The number of nitrogens with one attached hydrogen (secondary N) is 1. The molecule has 0 aromatic heterocycles. The summed E-state index contributed by atoms with van der Waals surface area (Å²) in [4.78, 5) is 11.7. The first-order chi connectivity index (χ1) is 7.25. The van der Waals surface area contributed by atoms with Gasteiger partial charge >= 0.3 is 5.97 Å². The van der Waals surface area contributed by atoms with E-state index in [-0.39, 0.29) is 18.1 Å². The lowest BCUT2D eigenvalue weighted by Crippen LogP contribution is -2.36. The highest BCUT2D eigenvalue weighted by Gasteiger charge is 2.28. The van der Waals surface area contributed by atoms with Crippen LogP contribution in [0, 0.1) is 5.92 Å². The largest absolute Gasteiger partial charge is 0.461 e. The van der Waals surface area contributed by atoms with E-state index in [9.17, 15) is 4.79 Å². The van der Waals surface area contributed by atoms with Gasteiger partial charge < -0.3 is 10.1 Å². The monoisotopic (exact) mass is 211 g/mol. The highest BCUT2D eigenvalue weighted by Crippen LogP contribution is 2.26. The molecule has 2 rings (SSSR count). The predicted molar refractivity (Wildman–Crippen MR) is 58.5 cm³/mol. The summed E-state index contributed by atoms with van der Waals surface area (Å²) in [6.45, 7) is 3.20. The Bertz CT molecular complexity index is 224. The molecule has 1 heterocycles. The Hall–Kier alpha value is -0.570. The zero-order valence-electron chi connectivity index (χ0n) is 9.50. The van der Waals surface area contributed by atoms with Crippen LogP contribution in [0.1, 0.15) is 45.4 Å². The van der Waals surface area contributed by atoms with E-state index in [0.717, 1.165) is 32.2 Å². The smallest absolute Gasteiger partial charge is 0.323 e. The molecule has 1 aliphatic carbocycles. The molecule has 0 amide bonds. The molecule has 0 aromatic rings. The number of hydrogen-bond donors (Lipinski definition) is 1. The summed E-state index contributed by atoms with van der Waals surface area (Å²) < 4.78 is 5.54. The van der Waals surface area contributed by atoms with Gasteiger partial charge in [-0.05, 0) is 44.6 Å². The van der Waals surface area contributed by atoms with Crippen LogP contribution < -0.4 is 5.32 Å². The number of esters is 1. The molecular weight excluding hydrogens is 190 g/mol. The molecule has 3 heteroatoms. The van der Waals surface area contributed by atoms with E-state index >= 15 is 0 Å². The molecule has 1 N–H and O–H groups in total. The van der Waals surface area contributed by atoms with Crippen molar-refractivity contribution in [1.82, 2.24) is 5.32 Å². The second kappa shape index (κ2) is 4.97. The molecule has 0 aromatic carbocycles. The van der Waals surface area contributed by atoms with Gasteiger partial charge in [-0.2, -0.15) is 0 Å². The average molecular weight is 211 g/mol. The van der Waals surface area contributed by atoms with Crippen molar-refractivity contribution in [3.63, 3.8) is 0 Å². The van der Waals surface area contributed by atoms with Crippen molar-refractivity contribution < 1.29 is 9.53 Å². The minimum atomic E-state index is -0.0257. The number of carbonyl (C=O) groups is 1. The molecular formula is C12H21NO2. The first kappa shape index (κ1) is 10.9. The fourth-order valence-corrected chi connectivity index (χ4v) is 2.62. The highest BCUT2D eigenvalue weighted by atomic mass is 16.5. The van der Waals surface area contributed by atoms with Crippen LogP contribution in [0.5, 0.6) is 0 Å². The molecule has 3 nitrogen and oxygen atoms in total. The molecule has 1 aliphatic heterocycles. The summed E-state index contributed by atoms with van der Waals surface area (Å²) >= 11 is 0. The summed E-state index contributed by atoms with van der Waals surface area (Å²) in [5, 5.41) is 3.18. The van der Waals surface area contributed by atoms with Crippen LogP contribution in [0.4, 0.5) is 0 Å². The van der Waals surface area contributed by atoms with Crippen molar-refractivity contribution in [3.05, 3.63) is 0 Å². The van der Waals surface area contributed by atoms with Gasteiger partial charge in [0.15, 0.2) is 0 Å². The second-order valence-corrected chi connectivity index (χ2v) is 4.98. The topological polar surface area (TPSA) is 38.3 Å². The normalized spacial score (nSPS) is 36.5. The van der Waals surface area contributed by atoms with Crippen molar-refractivity contribution in [2.45, 2.75) is 57.6 Å². The molecule has 2 fully saturated rings.